The van der Waals surface area contributed by atoms with E-state index in [1.807, 2.05) is 12.1 Å². The van der Waals surface area contributed by atoms with Crippen molar-refractivity contribution in [3.8, 4) is 5.75 Å². The molecule has 2 bridgehead atoms. The van der Waals surface area contributed by atoms with E-state index < -0.39 is 9.05 Å². The molecule has 0 N–H and O–H groups in total. The Morgan fingerprint density at radius 3 is 1.35 bits per heavy atom. The minimum absolute atomic E-state index is 0.202. The minimum atomic E-state index is -3.71. The van der Waals surface area contributed by atoms with Crippen LogP contribution in [0.4, 0.5) is 0 Å². The van der Waals surface area contributed by atoms with Crippen LogP contribution in [0.2, 0.25) is 5.02 Å². The number of para-hydroxylation sites is 1. The van der Waals surface area contributed by atoms with Gasteiger partial charge in [-0.2, -0.15) is 0 Å². The van der Waals surface area contributed by atoms with Crippen molar-refractivity contribution in [1.82, 2.24) is 4.90 Å². The third kappa shape index (κ3) is 13.2. The van der Waals surface area contributed by atoms with Crippen molar-refractivity contribution in [3.05, 3.63) is 29.3 Å². The first-order chi connectivity index (χ1) is 18.3. The molecule has 0 spiro atoms. The molecule has 0 aliphatic carbocycles. The van der Waals surface area contributed by atoms with E-state index in [4.69, 9.17) is 57.7 Å². The highest BCUT2D eigenvalue weighted by atomic mass is 35.5. The Morgan fingerprint density at radius 2 is 0.919 bits per heavy atom. The normalized spacial score (nSPS) is 27.8. The molecule has 3 fully saturated rings. The highest BCUT2D eigenvalue weighted by molar-refractivity contribution is 6.54. The van der Waals surface area contributed by atoms with Crippen LogP contribution in [0.15, 0.2) is 24.3 Å². The van der Waals surface area contributed by atoms with Crippen LogP contribution in [0.3, 0.4) is 0 Å². The molecule has 1 aromatic rings. The number of fused-ring (bicyclic) bond motifs is 24. The molecule has 11 nitrogen and oxygen atoms in total. The summed E-state index contributed by atoms with van der Waals surface area (Å²) in [5, 5.41) is 0.423. The fourth-order valence-corrected chi connectivity index (χ4v) is 5.55. The van der Waals surface area contributed by atoms with Crippen molar-refractivity contribution >= 4 is 20.6 Å². The molecule has 4 rings (SSSR count). The molecule has 0 saturated carbocycles. The summed E-state index contributed by atoms with van der Waals surface area (Å²) >= 11 is 6.36. The van der Waals surface area contributed by atoms with E-state index in [1.54, 1.807) is 12.1 Å². The van der Waals surface area contributed by atoms with Crippen molar-refractivity contribution in [2.45, 2.75) is 0 Å². The number of benzene rings is 1. The summed E-state index contributed by atoms with van der Waals surface area (Å²) in [6, 6.07) is 7.11. The fraction of sp³-hybridized carbons (Fsp3) is 0.750. The van der Waals surface area contributed by atoms with Crippen LogP contribution >= 0.6 is 11.6 Å². The van der Waals surface area contributed by atoms with Crippen LogP contribution in [-0.2, 0) is 41.7 Å². The van der Waals surface area contributed by atoms with E-state index in [0.29, 0.717) is 90.1 Å². The number of hydrogen-bond donors (Lipinski definition) is 0. The molecule has 212 valence electrons. The molecular weight excluding hydrogens is 526 g/mol. The second-order valence-electron chi connectivity index (χ2n) is 8.09. The smallest absolute Gasteiger partial charge is 0.479 e. The van der Waals surface area contributed by atoms with Gasteiger partial charge in [-0.1, -0.05) is 23.7 Å². The Hall–Kier alpha value is -0.873. The van der Waals surface area contributed by atoms with Crippen LogP contribution in [0, 0.1) is 0 Å². The summed E-state index contributed by atoms with van der Waals surface area (Å²) in [5.41, 5.74) is 0. The van der Waals surface area contributed by atoms with Crippen molar-refractivity contribution in [2.75, 3.05) is 119 Å². The first-order valence-electron chi connectivity index (χ1n) is 12.8. The molecule has 3 aliphatic rings. The summed E-state index contributed by atoms with van der Waals surface area (Å²) < 4.78 is 58.8. The van der Waals surface area contributed by atoms with Gasteiger partial charge in [-0.3, -0.25) is 4.90 Å². The predicted molar refractivity (Wildman–Crippen MR) is 137 cm³/mol. The van der Waals surface area contributed by atoms with Crippen molar-refractivity contribution in [2.24, 2.45) is 0 Å². The van der Waals surface area contributed by atoms with Gasteiger partial charge in [-0.15, -0.1) is 0 Å². The van der Waals surface area contributed by atoms with Gasteiger partial charge in [0.05, 0.1) is 104 Å². The number of halogens is 1. The molecule has 3 saturated heterocycles. The Balaban J connectivity index is 1.71. The van der Waals surface area contributed by atoms with Crippen LogP contribution in [0.25, 0.3) is 0 Å². The summed E-state index contributed by atoms with van der Waals surface area (Å²) in [6.45, 7) is 8.50. The van der Waals surface area contributed by atoms with Gasteiger partial charge < -0.3 is 46.1 Å². The van der Waals surface area contributed by atoms with Gasteiger partial charge in [0.2, 0.25) is 0 Å². The molecule has 1 aromatic carbocycles. The average Bonchev–Trinajstić information content (AvgIpc) is 2.90. The largest absolute Gasteiger partial charge is 0.750 e. The highest BCUT2D eigenvalue weighted by Crippen LogP contribution is 2.27. The van der Waals surface area contributed by atoms with Crippen molar-refractivity contribution in [3.63, 3.8) is 0 Å². The molecular formula is C24H40ClNO10Si. The van der Waals surface area contributed by atoms with Gasteiger partial charge in [0.1, 0.15) is 5.75 Å². The lowest BCUT2D eigenvalue weighted by atomic mass is 10.3. The summed E-state index contributed by atoms with van der Waals surface area (Å²) in [6.07, 6.45) is 0. The molecule has 0 aromatic heterocycles. The molecule has 0 atom stereocenters. The SMILES string of the molecule is Clc1ccccc1O[Si]12OCCOCCOCCN(CCOCCOCCO1)CCOCCOCCO2. The number of nitrogens with zero attached hydrogens (tertiary/aromatic N) is 1. The molecule has 3 heterocycles. The average molecular weight is 566 g/mol. The minimum Gasteiger partial charge on any atom is -0.479 e. The van der Waals surface area contributed by atoms with E-state index in [0.717, 1.165) is 19.6 Å². The van der Waals surface area contributed by atoms with E-state index in [9.17, 15) is 0 Å². The highest BCUT2D eigenvalue weighted by Gasteiger charge is 2.49. The maximum absolute atomic E-state index is 6.36. The zero-order valence-corrected chi connectivity index (χ0v) is 23.2. The summed E-state index contributed by atoms with van der Waals surface area (Å²) in [5.74, 6) is 0.409. The van der Waals surface area contributed by atoms with Crippen LogP contribution in [-0.4, -0.2) is 133 Å². The van der Waals surface area contributed by atoms with Gasteiger partial charge in [-0.25, -0.2) is 0 Å². The van der Waals surface area contributed by atoms with E-state index in [2.05, 4.69) is 4.90 Å². The first kappa shape index (κ1) is 30.7. The maximum Gasteiger partial charge on any atom is 0.750 e. The van der Waals surface area contributed by atoms with E-state index in [1.165, 1.54) is 0 Å². The standard InChI is InChI=1S/C24H40ClNO10Si/c25-23-3-1-2-4-24(23)36-37-33-20-17-30-14-11-27-8-5-26(6-9-28-12-15-31-18-21-34-37)7-10-29-13-16-32-19-22-35-37/h1-4H,5-22H2. The fourth-order valence-electron chi connectivity index (χ4n) is 3.43. The Morgan fingerprint density at radius 1 is 0.541 bits per heavy atom. The third-order valence-corrected chi connectivity index (χ3v) is 7.82. The van der Waals surface area contributed by atoms with Gasteiger partial charge in [-0.05, 0) is 12.1 Å². The quantitative estimate of drug-likeness (QED) is 0.387. The summed E-state index contributed by atoms with van der Waals surface area (Å²) in [4.78, 5) is 2.26. The lowest BCUT2D eigenvalue weighted by Gasteiger charge is -2.29. The Bertz CT molecular complexity index is 667. The van der Waals surface area contributed by atoms with Crippen LogP contribution in [0.5, 0.6) is 5.75 Å². The molecule has 13 heteroatoms. The Labute approximate surface area is 225 Å². The second kappa shape index (κ2) is 19.2. The second-order valence-corrected chi connectivity index (χ2v) is 10.6. The first-order valence-corrected chi connectivity index (χ1v) is 14.8. The zero-order valence-electron chi connectivity index (χ0n) is 21.4. The predicted octanol–water partition coefficient (Wildman–Crippen LogP) is 1.63. The van der Waals surface area contributed by atoms with Gasteiger partial charge in [0, 0.05) is 19.6 Å². The topological polar surface area (TPSA) is 95.5 Å². The van der Waals surface area contributed by atoms with Crippen molar-refractivity contribution in [1.29, 1.82) is 0 Å². The molecule has 0 radical (unpaired) electrons. The molecule has 0 amide bonds. The molecule has 3 aliphatic heterocycles. The lowest BCUT2D eigenvalue weighted by molar-refractivity contribution is -0.0496. The molecule has 37 heavy (non-hydrogen) atoms. The van der Waals surface area contributed by atoms with Crippen LogP contribution in [0.1, 0.15) is 0 Å². The van der Waals surface area contributed by atoms with Crippen molar-refractivity contribution < 1.29 is 46.1 Å². The van der Waals surface area contributed by atoms with Gasteiger partial charge in [0.15, 0.2) is 0 Å². The van der Waals surface area contributed by atoms with Gasteiger partial charge >= 0.3 is 9.05 Å². The molecule has 0 unspecified atom stereocenters. The maximum atomic E-state index is 6.36. The third-order valence-electron chi connectivity index (χ3n) is 5.36. The number of ether oxygens (including phenoxy) is 6. The Kier molecular flexibility index (Phi) is 15.9. The van der Waals surface area contributed by atoms with E-state index >= 15 is 0 Å². The zero-order chi connectivity index (χ0) is 25.9. The van der Waals surface area contributed by atoms with Gasteiger partial charge in [0.25, 0.3) is 0 Å². The van der Waals surface area contributed by atoms with Crippen LogP contribution < -0.4 is 4.43 Å². The summed E-state index contributed by atoms with van der Waals surface area (Å²) in [7, 11) is -3.71. The monoisotopic (exact) mass is 565 g/mol. The number of rotatable bonds is 2. The number of hydrogen-bond acceptors (Lipinski definition) is 11. The lowest BCUT2D eigenvalue weighted by Crippen LogP contribution is -2.54. The van der Waals surface area contributed by atoms with E-state index in [-0.39, 0.29) is 19.8 Å².